The van der Waals surface area contributed by atoms with E-state index in [9.17, 15) is 4.79 Å². The average Bonchev–Trinajstić information content (AvgIpc) is 3.26. The Bertz CT molecular complexity index is 779. The van der Waals surface area contributed by atoms with Crippen LogP contribution in [0.25, 0.3) is 10.9 Å². The highest BCUT2D eigenvalue weighted by atomic mass is 32.2. The molecule has 1 aromatic carbocycles. The normalized spacial score (nSPS) is 12.4. The van der Waals surface area contributed by atoms with Crippen molar-refractivity contribution in [2.24, 2.45) is 0 Å². The van der Waals surface area contributed by atoms with Crippen molar-refractivity contribution in [2.75, 3.05) is 18.6 Å². The highest BCUT2D eigenvalue weighted by molar-refractivity contribution is 7.98. The Morgan fingerprint density at radius 2 is 2.04 bits per heavy atom. The fourth-order valence-electron chi connectivity index (χ4n) is 2.98. The third-order valence-corrected chi connectivity index (χ3v) is 4.90. The first kappa shape index (κ1) is 16.7. The minimum Gasteiger partial charge on any atom is -0.361 e. The van der Waals surface area contributed by atoms with Gasteiger partial charge in [0.25, 0.3) is 0 Å². The molecule has 0 aliphatic rings. The number of fused-ring (bicyclic) bond motifs is 1. The lowest BCUT2D eigenvalue weighted by Gasteiger charge is -2.18. The number of hydrogen-bond donors (Lipinski definition) is 2. The molecule has 1 unspecified atom stereocenters. The van der Waals surface area contributed by atoms with Crippen molar-refractivity contribution in [3.63, 3.8) is 0 Å². The SMILES string of the molecule is CSCCC(C(=O)NCCc1c[nH]c2ccccc12)n1cccc1. The van der Waals surface area contributed by atoms with E-state index in [0.29, 0.717) is 6.54 Å². The Morgan fingerprint density at radius 3 is 2.83 bits per heavy atom. The number of rotatable bonds is 8. The number of aromatic nitrogens is 2. The van der Waals surface area contributed by atoms with Gasteiger partial charge in [-0.05, 0) is 48.6 Å². The van der Waals surface area contributed by atoms with Gasteiger partial charge in [-0.25, -0.2) is 0 Å². The molecule has 0 aliphatic carbocycles. The Kier molecular flexibility index (Phi) is 5.64. The summed E-state index contributed by atoms with van der Waals surface area (Å²) < 4.78 is 2.00. The number of para-hydroxylation sites is 1. The molecule has 3 aromatic rings. The number of nitrogens with zero attached hydrogens (tertiary/aromatic N) is 1. The zero-order valence-corrected chi connectivity index (χ0v) is 14.7. The summed E-state index contributed by atoms with van der Waals surface area (Å²) in [6, 6.07) is 12.1. The molecule has 126 valence electrons. The molecule has 4 nitrogen and oxygen atoms in total. The molecule has 0 spiro atoms. The largest absolute Gasteiger partial charge is 0.361 e. The fourth-order valence-corrected chi connectivity index (χ4v) is 3.44. The maximum atomic E-state index is 12.6. The van der Waals surface area contributed by atoms with Gasteiger partial charge >= 0.3 is 0 Å². The standard InChI is InChI=1S/C19H23N3OS/c1-24-13-9-18(22-11-4-5-12-22)19(23)20-10-8-15-14-21-17-7-3-2-6-16(15)17/h2-7,11-12,14,18,21H,8-10,13H2,1H3,(H,20,23). The van der Waals surface area contributed by atoms with Crippen LogP contribution in [-0.4, -0.2) is 34.0 Å². The second-order valence-electron chi connectivity index (χ2n) is 5.83. The van der Waals surface area contributed by atoms with E-state index in [1.165, 1.54) is 10.9 Å². The Labute approximate surface area is 146 Å². The van der Waals surface area contributed by atoms with Crippen LogP contribution < -0.4 is 5.32 Å². The number of thioether (sulfide) groups is 1. The summed E-state index contributed by atoms with van der Waals surface area (Å²) in [6.45, 7) is 0.651. The second-order valence-corrected chi connectivity index (χ2v) is 6.81. The number of carbonyl (C=O) groups is 1. The average molecular weight is 341 g/mol. The van der Waals surface area contributed by atoms with E-state index in [4.69, 9.17) is 0 Å². The van der Waals surface area contributed by atoms with Crippen LogP contribution in [0.3, 0.4) is 0 Å². The van der Waals surface area contributed by atoms with Crippen molar-refractivity contribution in [1.82, 2.24) is 14.9 Å². The molecular formula is C19H23N3OS. The smallest absolute Gasteiger partial charge is 0.243 e. The predicted octanol–water partition coefficient (Wildman–Crippen LogP) is 3.62. The van der Waals surface area contributed by atoms with Gasteiger partial charge < -0.3 is 14.9 Å². The third-order valence-electron chi connectivity index (χ3n) is 4.25. The predicted molar refractivity (Wildman–Crippen MR) is 101 cm³/mol. The summed E-state index contributed by atoms with van der Waals surface area (Å²) in [5.74, 6) is 1.07. The van der Waals surface area contributed by atoms with Gasteiger partial charge in [0.15, 0.2) is 0 Å². The minimum absolute atomic E-state index is 0.0973. The van der Waals surface area contributed by atoms with E-state index in [1.807, 2.05) is 47.4 Å². The Balaban J connectivity index is 1.59. The molecule has 2 N–H and O–H groups in total. The van der Waals surface area contributed by atoms with Crippen LogP contribution in [0.2, 0.25) is 0 Å². The summed E-state index contributed by atoms with van der Waals surface area (Å²) >= 11 is 1.77. The van der Waals surface area contributed by atoms with Crippen LogP contribution >= 0.6 is 11.8 Å². The van der Waals surface area contributed by atoms with Gasteiger partial charge in [0.1, 0.15) is 6.04 Å². The maximum absolute atomic E-state index is 12.6. The number of hydrogen-bond acceptors (Lipinski definition) is 2. The Morgan fingerprint density at radius 1 is 1.25 bits per heavy atom. The van der Waals surface area contributed by atoms with Crippen molar-refractivity contribution < 1.29 is 4.79 Å². The van der Waals surface area contributed by atoms with Gasteiger partial charge in [0.05, 0.1) is 0 Å². The molecule has 2 aromatic heterocycles. The molecule has 0 radical (unpaired) electrons. The monoisotopic (exact) mass is 341 g/mol. The number of nitrogens with one attached hydrogen (secondary N) is 2. The van der Waals surface area contributed by atoms with Crippen molar-refractivity contribution in [3.05, 3.63) is 60.6 Å². The molecular weight excluding hydrogens is 318 g/mol. The van der Waals surface area contributed by atoms with Crippen LogP contribution in [0.1, 0.15) is 18.0 Å². The van der Waals surface area contributed by atoms with Crippen molar-refractivity contribution in [2.45, 2.75) is 18.9 Å². The van der Waals surface area contributed by atoms with E-state index in [0.717, 1.165) is 24.1 Å². The first-order chi connectivity index (χ1) is 11.8. The lowest BCUT2D eigenvalue weighted by Crippen LogP contribution is -2.33. The van der Waals surface area contributed by atoms with Crippen molar-refractivity contribution in [1.29, 1.82) is 0 Å². The van der Waals surface area contributed by atoms with Crippen LogP contribution in [0.4, 0.5) is 0 Å². The molecule has 0 saturated carbocycles. The summed E-state index contributed by atoms with van der Waals surface area (Å²) in [5.41, 5.74) is 2.39. The first-order valence-corrected chi connectivity index (χ1v) is 9.63. The topological polar surface area (TPSA) is 49.8 Å². The molecule has 1 atom stereocenters. The second kappa shape index (κ2) is 8.11. The third kappa shape index (κ3) is 3.85. The molecule has 0 fully saturated rings. The van der Waals surface area contributed by atoms with Gasteiger partial charge in [-0.2, -0.15) is 11.8 Å². The lowest BCUT2D eigenvalue weighted by molar-refractivity contribution is -0.124. The van der Waals surface area contributed by atoms with Crippen LogP contribution in [0.5, 0.6) is 0 Å². The van der Waals surface area contributed by atoms with Crippen molar-refractivity contribution >= 4 is 28.6 Å². The van der Waals surface area contributed by atoms with Gasteiger partial charge in [-0.1, -0.05) is 18.2 Å². The molecule has 0 bridgehead atoms. The molecule has 1 amide bonds. The summed E-state index contributed by atoms with van der Waals surface area (Å²) in [6.07, 6.45) is 9.70. The summed E-state index contributed by atoms with van der Waals surface area (Å²) in [7, 11) is 0. The molecule has 3 rings (SSSR count). The van der Waals surface area contributed by atoms with E-state index >= 15 is 0 Å². The van der Waals surface area contributed by atoms with E-state index < -0.39 is 0 Å². The fraction of sp³-hybridized carbons (Fsp3) is 0.316. The van der Waals surface area contributed by atoms with E-state index in [1.54, 1.807) is 11.8 Å². The van der Waals surface area contributed by atoms with Gasteiger partial charge in [0.2, 0.25) is 5.91 Å². The summed E-state index contributed by atoms with van der Waals surface area (Å²) in [5, 5.41) is 4.33. The van der Waals surface area contributed by atoms with Gasteiger partial charge in [-0.3, -0.25) is 4.79 Å². The molecule has 2 heterocycles. The van der Waals surface area contributed by atoms with Crippen molar-refractivity contribution in [3.8, 4) is 0 Å². The minimum atomic E-state index is -0.129. The molecule has 5 heteroatoms. The molecule has 0 saturated heterocycles. The number of amides is 1. The first-order valence-electron chi connectivity index (χ1n) is 8.23. The van der Waals surface area contributed by atoms with Crippen LogP contribution in [0, 0.1) is 0 Å². The maximum Gasteiger partial charge on any atom is 0.243 e. The van der Waals surface area contributed by atoms with Gasteiger partial charge in [0, 0.05) is 36.0 Å². The van der Waals surface area contributed by atoms with E-state index in [2.05, 4.69) is 28.7 Å². The van der Waals surface area contributed by atoms with Crippen LogP contribution in [-0.2, 0) is 11.2 Å². The molecule has 24 heavy (non-hydrogen) atoms. The highest BCUT2D eigenvalue weighted by Crippen LogP contribution is 2.18. The van der Waals surface area contributed by atoms with E-state index in [-0.39, 0.29) is 11.9 Å². The van der Waals surface area contributed by atoms with Gasteiger partial charge in [-0.15, -0.1) is 0 Å². The highest BCUT2D eigenvalue weighted by Gasteiger charge is 2.18. The zero-order valence-electron chi connectivity index (χ0n) is 13.9. The quantitative estimate of drug-likeness (QED) is 0.657. The number of H-pyrrole nitrogens is 1. The van der Waals surface area contributed by atoms with Crippen LogP contribution in [0.15, 0.2) is 55.0 Å². The lowest BCUT2D eigenvalue weighted by atomic mass is 10.1. The zero-order chi connectivity index (χ0) is 16.8. The Hall–Kier alpha value is -2.14. The number of benzene rings is 1. The number of carbonyl (C=O) groups excluding carboxylic acids is 1. The molecule has 0 aliphatic heterocycles. The number of aromatic amines is 1. The summed E-state index contributed by atoms with van der Waals surface area (Å²) in [4.78, 5) is 15.9.